The summed E-state index contributed by atoms with van der Waals surface area (Å²) in [6.07, 6.45) is 5.35. The number of halogens is 3. The van der Waals surface area contributed by atoms with Crippen LogP contribution in [0.1, 0.15) is 24.8 Å². The topological polar surface area (TPSA) is 77.9 Å². The van der Waals surface area contributed by atoms with Gasteiger partial charge in [0.15, 0.2) is 0 Å². The zero-order chi connectivity index (χ0) is 21.1. The minimum atomic E-state index is -5.59. The molecule has 2 aliphatic heterocycles. The predicted octanol–water partition coefficient (Wildman–Crippen LogP) is 2.70. The van der Waals surface area contributed by atoms with Gasteiger partial charge >= 0.3 is 15.5 Å². The lowest BCUT2D eigenvalue weighted by molar-refractivity contribution is -0.149. The maximum absolute atomic E-state index is 13.3. The number of sulfonamides is 1. The Morgan fingerprint density at radius 2 is 1.76 bits per heavy atom. The Morgan fingerprint density at radius 3 is 2.34 bits per heavy atom. The first kappa shape index (κ1) is 20.0. The van der Waals surface area contributed by atoms with Crippen LogP contribution in [0.2, 0.25) is 0 Å². The van der Waals surface area contributed by atoms with E-state index in [0.29, 0.717) is 19.3 Å². The molecule has 0 aromatic heterocycles. The van der Waals surface area contributed by atoms with Gasteiger partial charge in [0.2, 0.25) is 5.91 Å². The average Bonchev–Trinajstić information content (AvgIpc) is 3.14. The number of hydrogen-bond acceptors (Lipinski definition) is 4. The van der Waals surface area contributed by atoms with Crippen molar-refractivity contribution in [2.45, 2.75) is 37.0 Å². The SMILES string of the molecule is O=C1N(Cc2ccccc2)[C@]2(O)CCC[C@@H]2C12C=CN(S(=O)(=O)C(F)(F)F)C=C2. The van der Waals surface area contributed by atoms with Crippen LogP contribution in [-0.4, -0.2) is 39.9 Å². The summed E-state index contributed by atoms with van der Waals surface area (Å²) in [7, 11) is -5.59. The molecule has 2 fully saturated rings. The minimum absolute atomic E-state index is 0.0550. The number of fused-ring (bicyclic) bond motifs is 2. The molecule has 29 heavy (non-hydrogen) atoms. The van der Waals surface area contributed by atoms with Gasteiger partial charge in [0.1, 0.15) is 5.72 Å². The molecule has 10 heteroatoms. The second-order valence-electron chi connectivity index (χ2n) is 7.55. The standard InChI is InChI=1S/C19H19F3N2O4S/c20-19(21,22)29(27,28)23-11-9-17(10-12-23)15-7-4-8-18(15,26)24(16(17)25)13-14-5-2-1-3-6-14/h1-3,5-6,9-12,15,26H,4,7-8,13H2/t15-,18+/m1/s1. The molecule has 1 aromatic carbocycles. The molecule has 0 bridgehead atoms. The highest BCUT2D eigenvalue weighted by atomic mass is 32.2. The second-order valence-corrected chi connectivity index (χ2v) is 9.38. The van der Waals surface area contributed by atoms with Crippen LogP contribution in [0.25, 0.3) is 0 Å². The van der Waals surface area contributed by atoms with Gasteiger partial charge in [-0.3, -0.25) is 4.79 Å². The molecular weight excluding hydrogens is 409 g/mol. The van der Waals surface area contributed by atoms with Gasteiger partial charge in [-0.25, -0.2) is 4.31 Å². The smallest absolute Gasteiger partial charge is 0.370 e. The molecule has 1 aliphatic carbocycles. The first-order valence-electron chi connectivity index (χ1n) is 9.09. The van der Waals surface area contributed by atoms with Crippen molar-refractivity contribution in [3.05, 3.63) is 60.4 Å². The second kappa shape index (κ2) is 6.33. The van der Waals surface area contributed by atoms with E-state index in [0.717, 1.165) is 18.0 Å². The summed E-state index contributed by atoms with van der Waals surface area (Å²) in [6.45, 7) is 0.153. The van der Waals surface area contributed by atoms with Crippen LogP contribution >= 0.6 is 0 Å². The van der Waals surface area contributed by atoms with E-state index in [1.807, 2.05) is 30.3 Å². The van der Waals surface area contributed by atoms with Gasteiger partial charge in [-0.1, -0.05) is 30.3 Å². The third-order valence-corrected chi connectivity index (χ3v) is 7.39. The van der Waals surface area contributed by atoms with E-state index >= 15 is 0 Å². The van der Waals surface area contributed by atoms with Crippen molar-refractivity contribution in [2.24, 2.45) is 11.3 Å². The summed E-state index contributed by atoms with van der Waals surface area (Å²) in [5, 5.41) is 11.3. The molecule has 156 valence electrons. The molecular formula is C19H19F3N2O4S. The number of hydrogen-bond donors (Lipinski definition) is 1. The zero-order valence-corrected chi connectivity index (χ0v) is 16.0. The lowest BCUT2D eigenvalue weighted by Gasteiger charge is -2.34. The number of carbonyl (C=O) groups is 1. The van der Waals surface area contributed by atoms with Crippen molar-refractivity contribution in [2.75, 3.05) is 0 Å². The Kier molecular flexibility index (Phi) is 4.36. The Bertz CT molecular complexity index is 976. The molecule has 1 spiro atoms. The third kappa shape index (κ3) is 2.80. The van der Waals surface area contributed by atoms with Crippen LogP contribution in [0.3, 0.4) is 0 Å². The molecule has 0 radical (unpaired) electrons. The highest BCUT2D eigenvalue weighted by Crippen LogP contribution is 2.57. The maximum Gasteiger partial charge on any atom is 0.517 e. The van der Waals surface area contributed by atoms with E-state index in [1.54, 1.807) is 0 Å². The van der Waals surface area contributed by atoms with Crippen molar-refractivity contribution < 1.29 is 31.5 Å². The Balaban J connectivity index is 1.70. The van der Waals surface area contributed by atoms with E-state index in [-0.39, 0.29) is 10.8 Å². The molecule has 1 amide bonds. The van der Waals surface area contributed by atoms with E-state index in [9.17, 15) is 31.5 Å². The quantitative estimate of drug-likeness (QED) is 0.803. The highest BCUT2D eigenvalue weighted by molar-refractivity contribution is 7.90. The molecule has 2 atom stereocenters. The fourth-order valence-electron chi connectivity index (χ4n) is 4.60. The largest absolute Gasteiger partial charge is 0.517 e. The van der Waals surface area contributed by atoms with Crippen LogP contribution in [0, 0.1) is 11.3 Å². The number of nitrogens with zero attached hydrogens (tertiary/aromatic N) is 2. The normalized spacial score (nSPS) is 28.4. The molecule has 2 heterocycles. The lowest BCUT2D eigenvalue weighted by Crippen LogP contribution is -2.46. The van der Waals surface area contributed by atoms with Gasteiger partial charge in [0.05, 0.1) is 5.41 Å². The van der Waals surface area contributed by atoms with Crippen LogP contribution in [0.4, 0.5) is 13.2 Å². The lowest BCUT2D eigenvalue weighted by atomic mass is 9.74. The van der Waals surface area contributed by atoms with E-state index in [4.69, 9.17) is 0 Å². The number of amides is 1. The number of likely N-dealkylation sites (tertiary alicyclic amines) is 1. The summed E-state index contributed by atoms with van der Waals surface area (Å²) in [5.74, 6) is -1.03. The first-order valence-corrected chi connectivity index (χ1v) is 10.5. The third-order valence-electron chi connectivity index (χ3n) is 6.00. The fraction of sp³-hybridized carbons (Fsp3) is 0.421. The fourth-order valence-corrected chi connectivity index (χ4v) is 5.28. The van der Waals surface area contributed by atoms with Crippen LogP contribution in [-0.2, 0) is 21.4 Å². The number of rotatable bonds is 3. The number of benzene rings is 1. The zero-order valence-electron chi connectivity index (χ0n) is 15.2. The molecule has 1 aromatic rings. The van der Waals surface area contributed by atoms with Gasteiger partial charge < -0.3 is 10.0 Å². The van der Waals surface area contributed by atoms with Gasteiger partial charge in [0, 0.05) is 24.9 Å². The summed E-state index contributed by atoms with van der Waals surface area (Å²) < 4.78 is 61.8. The van der Waals surface area contributed by atoms with Crippen molar-refractivity contribution >= 4 is 15.9 Å². The Hall–Kier alpha value is -2.33. The molecule has 6 nitrogen and oxygen atoms in total. The molecule has 0 unspecified atom stereocenters. The summed E-state index contributed by atoms with van der Waals surface area (Å²) >= 11 is 0. The molecule has 3 aliphatic rings. The van der Waals surface area contributed by atoms with Crippen molar-refractivity contribution in [1.29, 1.82) is 0 Å². The molecule has 1 saturated heterocycles. The maximum atomic E-state index is 13.3. The summed E-state index contributed by atoms with van der Waals surface area (Å²) in [6, 6.07) is 9.07. The molecule has 4 rings (SSSR count). The van der Waals surface area contributed by atoms with Crippen LogP contribution in [0.15, 0.2) is 54.9 Å². The highest BCUT2D eigenvalue weighted by Gasteiger charge is 2.66. The number of aliphatic hydroxyl groups is 1. The number of carbonyl (C=O) groups excluding carboxylic acids is 1. The van der Waals surface area contributed by atoms with E-state index in [1.165, 1.54) is 17.1 Å². The summed E-state index contributed by atoms with van der Waals surface area (Å²) in [5.41, 5.74) is -7.47. The van der Waals surface area contributed by atoms with Gasteiger partial charge in [-0.05, 0) is 37.0 Å². The van der Waals surface area contributed by atoms with Gasteiger partial charge in [-0.15, -0.1) is 0 Å². The Morgan fingerprint density at radius 1 is 1.14 bits per heavy atom. The van der Waals surface area contributed by atoms with E-state index in [2.05, 4.69) is 0 Å². The van der Waals surface area contributed by atoms with Crippen LogP contribution < -0.4 is 0 Å². The summed E-state index contributed by atoms with van der Waals surface area (Å²) in [4.78, 5) is 14.7. The molecule has 1 saturated carbocycles. The van der Waals surface area contributed by atoms with Crippen molar-refractivity contribution in [3.8, 4) is 0 Å². The minimum Gasteiger partial charge on any atom is -0.370 e. The molecule has 1 N–H and O–H groups in total. The monoisotopic (exact) mass is 428 g/mol. The predicted molar refractivity (Wildman–Crippen MR) is 96.8 cm³/mol. The van der Waals surface area contributed by atoms with Crippen LogP contribution in [0.5, 0.6) is 0 Å². The van der Waals surface area contributed by atoms with Crippen molar-refractivity contribution in [3.63, 3.8) is 0 Å². The number of alkyl halides is 3. The Labute approximate surface area is 166 Å². The van der Waals surface area contributed by atoms with Crippen molar-refractivity contribution in [1.82, 2.24) is 9.21 Å². The average molecular weight is 428 g/mol. The van der Waals surface area contributed by atoms with E-state index < -0.39 is 38.5 Å². The first-order chi connectivity index (χ1) is 13.5. The van der Waals surface area contributed by atoms with Gasteiger partial charge in [-0.2, -0.15) is 21.6 Å². The van der Waals surface area contributed by atoms with Gasteiger partial charge in [0.25, 0.3) is 0 Å².